The average Bonchev–Trinajstić information content (AvgIpc) is 2.33. The van der Waals surface area contributed by atoms with Gasteiger partial charge in [0, 0.05) is 5.56 Å². The first-order valence-corrected chi connectivity index (χ1v) is 5.27. The van der Waals surface area contributed by atoms with Crippen LogP contribution in [0.3, 0.4) is 0 Å². The number of amides is 1. The van der Waals surface area contributed by atoms with Gasteiger partial charge in [0.05, 0.1) is 17.7 Å². The van der Waals surface area contributed by atoms with Crippen molar-refractivity contribution in [2.24, 2.45) is 0 Å². The number of hydrogen-bond acceptors (Lipinski definition) is 2. The lowest BCUT2D eigenvalue weighted by Gasteiger charge is -2.13. The zero-order valence-corrected chi connectivity index (χ0v) is 10.0. The van der Waals surface area contributed by atoms with Crippen molar-refractivity contribution >= 4 is 5.91 Å². The van der Waals surface area contributed by atoms with Crippen LogP contribution in [0.1, 0.15) is 28.4 Å². The minimum atomic E-state index is -5.00. The zero-order chi connectivity index (χ0) is 15.6. The molecule has 112 valence electrons. The van der Waals surface area contributed by atoms with Crippen LogP contribution < -0.4 is 5.48 Å². The lowest BCUT2D eigenvalue weighted by molar-refractivity contribution is -0.143. The molecule has 0 aliphatic rings. The summed E-state index contributed by atoms with van der Waals surface area (Å²) in [5.41, 5.74) is -2.18. The summed E-state index contributed by atoms with van der Waals surface area (Å²) in [7, 11) is 0. The van der Waals surface area contributed by atoms with Crippen LogP contribution >= 0.6 is 0 Å². The summed E-state index contributed by atoms with van der Waals surface area (Å²) in [5, 5.41) is 0. The second-order valence-corrected chi connectivity index (χ2v) is 3.66. The molecule has 0 saturated heterocycles. The summed E-state index contributed by atoms with van der Waals surface area (Å²) in [4.78, 5) is 15.8. The molecule has 20 heavy (non-hydrogen) atoms. The molecular formula is C11H9F6NO2. The maximum absolute atomic E-state index is 12.5. The van der Waals surface area contributed by atoms with Crippen LogP contribution in [-0.4, -0.2) is 12.5 Å². The molecule has 1 aromatic rings. The normalized spacial score (nSPS) is 12.3. The molecule has 0 radical (unpaired) electrons. The Morgan fingerprint density at radius 3 is 1.85 bits per heavy atom. The van der Waals surface area contributed by atoms with Gasteiger partial charge in [0.2, 0.25) is 0 Å². The van der Waals surface area contributed by atoms with Gasteiger partial charge in [-0.3, -0.25) is 9.63 Å². The van der Waals surface area contributed by atoms with Crippen LogP contribution in [0.4, 0.5) is 26.3 Å². The fraction of sp³-hybridized carbons (Fsp3) is 0.364. The van der Waals surface area contributed by atoms with Crippen molar-refractivity contribution in [2.45, 2.75) is 19.3 Å². The van der Waals surface area contributed by atoms with E-state index in [1.54, 1.807) is 5.48 Å². The third-order valence-electron chi connectivity index (χ3n) is 2.16. The molecule has 0 fully saturated rings. The second-order valence-electron chi connectivity index (χ2n) is 3.66. The van der Waals surface area contributed by atoms with E-state index in [-0.39, 0.29) is 12.7 Å². The first-order chi connectivity index (χ1) is 9.05. The van der Waals surface area contributed by atoms with Crippen molar-refractivity contribution in [3.8, 4) is 0 Å². The van der Waals surface area contributed by atoms with Crippen molar-refractivity contribution in [3.63, 3.8) is 0 Å². The Bertz CT molecular complexity index is 462. The van der Waals surface area contributed by atoms with Gasteiger partial charge in [0.15, 0.2) is 0 Å². The highest BCUT2D eigenvalue weighted by Crippen LogP contribution is 2.36. The van der Waals surface area contributed by atoms with Crippen LogP contribution in [0.15, 0.2) is 18.2 Å². The van der Waals surface area contributed by atoms with E-state index < -0.39 is 35.0 Å². The second kappa shape index (κ2) is 5.70. The fourth-order valence-corrected chi connectivity index (χ4v) is 1.28. The number of rotatable bonds is 3. The SMILES string of the molecule is CCONC(=O)c1cc(C(F)(F)F)cc(C(F)(F)F)c1. The standard InChI is InChI=1S/C11H9F6NO2/c1-2-20-18-9(19)6-3-7(10(12,13)14)5-8(4-6)11(15,16)17/h3-5H,2H2,1H3,(H,18,19). The van der Waals surface area contributed by atoms with Crippen LogP contribution in [-0.2, 0) is 17.2 Å². The summed E-state index contributed by atoms with van der Waals surface area (Å²) in [6, 6.07) is 0.588. The third-order valence-corrected chi connectivity index (χ3v) is 2.16. The fourth-order valence-electron chi connectivity index (χ4n) is 1.28. The maximum Gasteiger partial charge on any atom is 0.416 e. The largest absolute Gasteiger partial charge is 0.416 e. The van der Waals surface area contributed by atoms with Crippen LogP contribution in [0, 0.1) is 0 Å². The van der Waals surface area contributed by atoms with Gasteiger partial charge in [-0.15, -0.1) is 0 Å². The third kappa shape index (κ3) is 4.12. The van der Waals surface area contributed by atoms with Crippen molar-refractivity contribution in [1.82, 2.24) is 5.48 Å². The molecule has 0 saturated carbocycles. The van der Waals surface area contributed by atoms with E-state index in [1.165, 1.54) is 6.92 Å². The highest BCUT2D eigenvalue weighted by molar-refractivity contribution is 5.93. The lowest BCUT2D eigenvalue weighted by atomic mass is 10.0. The Morgan fingerprint density at radius 2 is 1.50 bits per heavy atom. The number of alkyl halides is 6. The summed E-state index contributed by atoms with van der Waals surface area (Å²) in [6.45, 7) is 1.49. The van der Waals surface area contributed by atoms with Crippen molar-refractivity contribution in [3.05, 3.63) is 34.9 Å². The van der Waals surface area contributed by atoms with Crippen molar-refractivity contribution < 1.29 is 36.0 Å². The van der Waals surface area contributed by atoms with E-state index in [0.717, 1.165) is 0 Å². The van der Waals surface area contributed by atoms with Gasteiger partial charge in [0.25, 0.3) is 5.91 Å². The number of benzene rings is 1. The topological polar surface area (TPSA) is 38.3 Å². The molecule has 0 spiro atoms. The van der Waals surface area contributed by atoms with Gasteiger partial charge in [-0.25, -0.2) is 5.48 Å². The Hall–Kier alpha value is -1.77. The van der Waals surface area contributed by atoms with E-state index >= 15 is 0 Å². The highest BCUT2D eigenvalue weighted by atomic mass is 19.4. The Morgan fingerprint density at radius 1 is 1.05 bits per heavy atom. The molecule has 3 nitrogen and oxygen atoms in total. The van der Waals surface area contributed by atoms with Gasteiger partial charge in [-0.05, 0) is 25.1 Å². The minimum absolute atomic E-state index is 0.0107. The van der Waals surface area contributed by atoms with E-state index in [1.807, 2.05) is 0 Å². The first-order valence-electron chi connectivity index (χ1n) is 5.27. The van der Waals surface area contributed by atoms with Gasteiger partial charge < -0.3 is 0 Å². The van der Waals surface area contributed by atoms with Gasteiger partial charge >= 0.3 is 12.4 Å². The van der Waals surface area contributed by atoms with Crippen LogP contribution in [0.25, 0.3) is 0 Å². The molecule has 1 N–H and O–H groups in total. The quantitative estimate of drug-likeness (QED) is 0.686. The predicted octanol–water partition coefficient (Wildman–Crippen LogP) is 3.41. The first kappa shape index (κ1) is 16.3. The summed E-state index contributed by atoms with van der Waals surface area (Å²) in [5.74, 6) is -1.19. The Balaban J connectivity index is 3.27. The Labute approximate surface area is 109 Å². The number of carbonyl (C=O) groups excluding carboxylic acids is 1. The number of nitrogens with one attached hydrogen (secondary N) is 1. The molecule has 0 atom stereocenters. The number of halogens is 6. The van der Waals surface area contributed by atoms with E-state index in [0.29, 0.717) is 12.1 Å². The molecule has 0 aliphatic heterocycles. The summed E-state index contributed by atoms with van der Waals surface area (Å²) < 4.78 is 75.1. The molecule has 0 aromatic heterocycles. The molecule has 0 unspecified atom stereocenters. The zero-order valence-electron chi connectivity index (χ0n) is 10.0. The summed E-state index contributed by atoms with van der Waals surface area (Å²) in [6.07, 6.45) is -10.00. The molecule has 0 aliphatic carbocycles. The average molecular weight is 301 g/mol. The lowest BCUT2D eigenvalue weighted by Crippen LogP contribution is -2.25. The highest BCUT2D eigenvalue weighted by Gasteiger charge is 2.37. The molecule has 1 aromatic carbocycles. The van der Waals surface area contributed by atoms with Gasteiger partial charge in [-0.1, -0.05) is 0 Å². The summed E-state index contributed by atoms with van der Waals surface area (Å²) >= 11 is 0. The monoisotopic (exact) mass is 301 g/mol. The molecule has 0 heterocycles. The van der Waals surface area contributed by atoms with Crippen LogP contribution in [0.2, 0.25) is 0 Å². The predicted molar refractivity (Wildman–Crippen MR) is 55.5 cm³/mol. The van der Waals surface area contributed by atoms with Crippen molar-refractivity contribution in [2.75, 3.05) is 6.61 Å². The minimum Gasteiger partial charge on any atom is -0.274 e. The molecule has 1 rings (SSSR count). The molecular weight excluding hydrogens is 292 g/mol. The Kier molecular flexibility index (Phi) is 4.64. The van der Waals surface area contributed by atoms with E-state index in [2.05, 4.69) is 4.84 Å². The maximum atomic E-state index is 12.5. The van der Waals surface area contributed by atoms with E-state index in [4.69, 9.17) is 0 Å². The number of hydroxylamine groups is 1. The number of hydrogen-bond donors (Lipinski definition) is 1. The van der Waals surface area contributed by atoms with E-state index in [9.17, 15) is 31.1 Å². The molecule has 1 amide bonds. The van der Waals surface area contributed by atoms with Gasteiger partial charge in [0.1, 0.15) is 0 Å². The van der Waals surface area contributed by atoms with Crippen molar-refractivity contribution in [1.29, 1.82) is 0 Å². The smallest absolute Gasteiger partial charge is 0.274 e. The van der Waals surface area contributed by atoms with Crippen LogP contribution in [0.5, 0.6) is 0 Å². The van der Waals surface area contributed by atoms with Gasteiger partial charge in [-0.2, -0.15) is 26.3 Å². The molecule has 0 bridgehead atoms. The number of carbonyl (C=O) groups is 1. The molecule has 9 heteroatoms.